The van der Waals surface area contributed by atoms with E-state index in [1.165, 1.54) is 5.56 Å². The van der Waals surface area contributed by atoms with Crippen LogP contribution in [-0.4, -0.2) is 68.9 Å². The molecular weight excluding hydrogens is 580 g/mol. The van der Waals surface area contributed by atoms with E-state index in [9.17, 15) is 14.4 Å². The number of hydrogen-bond donors (Lipinski definition) is 0. The Balaban J connectivity index is 1.36. The van der Waals surface area contributed by atoms with Crippen molar-refractivity contribution in [2.75, 3.05) is 26.2 Å². The highest BCUT2D eigenvalue weighted by Crippen LogP contribution is 2.50. The van der Waals surface area contributed by atoms with Crippen molar-refractivity contribution in [1.29, 1.82) is 0 Å². The van der Waals surface area contributed by atoms with Gasteiger partial charge in [0.15, 0.2) is 0 Å². The fourth-order valence-corrected chi connectivity index (χ4v) is 7.16. The van der Waals surface area contributed by atoms with E-state index in [1.54, 1.807) is 15.9 Å². The number of likely N-dealkylation sites (tertiary alicyclic amines) is 2. The van der Waals surface area contributed by atoms with Crippen LogP contribution in [0.2, 0.25) is 5.02 Å². The summed E-state index contributed by atoms with van der Waals surface area (Å²) in [7, 11) is 0. The zero-order valence-electron chi connectivity index (χ0n) is 26.4. The summed E-state index contributed by atoms with van der Waals surface area (Å²) < 4.78 is 13.4. The van der Waals surface area contributed by atoms with Crippen LogP contribution in [0.3, 0.4) is 0 Å². The molecule has 2 saturated heterocycles. The van der Waals surface area contributed by atoms with Crippen molar-refractivity contribution in [2.45, 2.75) is 89.8 Å². The molecule has 6 rings (SSSR count). The summed E-state index contributed by atoms with van der Waals surface area (Å²) >= 11 is 6.52. The van der Waals surface area contributed by atoms with Crippen molar-refractivity contribution in [3.05, 3.63) is 68.7 Å². The van der Waals surface area contributed by atoms with Crippen LogP contribution in [0.15, 0.2) is 41.2 Å². The van der Waals surface area contributed by atoms with Crippen molar-refractivity contribution in [3.8, 4) is 5.69 Å². The van der Waals surface area contributed by atoms with Gasteiger partial charge >= 0.3 is 12.2 Å². The minimum absolute atomic E-state index is 0.266. The van der Waals surface area contributed by atoms with E-state index >= 15 is 0 Å². The van der Waals surface area contributed by atoms with Gasteiger partial charge in [0.25, 0.3) is 5.56 Å². The van der Waals surface area contributed by atoms with Gasteiger partial charge in [0.2, 0.25) is 0 Å². The van der Waals surface area contributed by atoms with Gasteiger partial charge in [-0.15, -0.1) is 0 Å². The van der Waals surface area contributed by atoms with Crippen LogP contribution >= 0.6 is 11.6 Å². The number of fused-ring (bicyclic) bond motifs is 7. The maximum atomic E-state index is 13.4. The SMILES string of the molecule is CC(C)(C)OC(=O)N1CCC(c2ccc3c(c2)C2(CCN(C(=O)OC(C)(C)C)CC2)c2nc(=O)c4c(Cl)cccc4n2-3)CC1. The van der Waals surface area contributed by atoms with E-state index in [-0.39, 0.29) is 23.7 Å². The first-order chi connectivity index (χ1) is 20.7. The average Bonchev–Trinajstić information content (AvgIpc) is 3.20. The zero-order chi connectivity index (χ0) is 31.6. The van der Waals surface area contributed by atoms with E-state index in [2.05, 4.69) is 22.8 Å². The van der Waals surface area contributed by atoms with Crippen molar-refractivity contribution >= 4 is 34.7 Å². The molecule has 1 aromatic heterocycles. The van der Waals surface area contributed by atoms with Crippen LogP contribution in [0.25, 0.3) is 16.6 Å². The normalized spacial score (nSPS) is 18.3. The number of piperidine rings is 2. The molecule has 0 N–H and O–H groups in total. The maximum Gasteiger partial charge on any atom is 0.410 e. The summed E-state index contributed by atoms with van der Waals surface area (Å²) in [5, 5.41) is 0.789. The van der Waals surface area contributed by atoms with Gasteiger partial charge < -0.3 is 19.3 Å². The predicted molar refractivity (Wildman–Crippen MR) is 170 cm³/mol. The van der Waals surface area contributed by atoms with Crippen LogP contribution in [-0.2, 0) is 14.9 Å². The van der Waals surface area contributed by atoms with E-state index in [1.807, 2.05) is 53.7 Å². The van der Waals surface area contributed by atoms with Gasteiger partial charge in [-0.2, -0.15) is 4.98 Å². The number of halogens is 1. The molecule has 2 fully saturated rings. The first-order valence-electron chi connectivity index (χ1n) is 15.5. The van der Waals surface area contributed by atoms with Crippen molar-refractivity contribution in [2.24, 2.45) is 0 Å². The van der Waals surface area contributed by atoms with E-state index in [0.717, 1.165) is 29.6 Å². The molecule has 3 aromatic rings. The number of aromatic nitrogens is 2. The molecule has 0 saturated carbocycles. The summed E-state index contributed by atoms with van der Waals surface area (Å²) in [6, 6.07) is 12.1. The molecular formula is C34H41ClN4O5. The molecule has 3 aliphatic rings. The first kappa shape index (κ1) is 30.4. The fraction of sp³-hybridized carbons (Fsp3) is 0.529. The third kappa shape index (κ3) is 5.44. The minimum atomic E-state index is -0.584. The quantitative estimate of drug-likeness (QED) is 0.298. The number of carbonyl (C=O) groups excluding carboxylic acids is 2. The summed E-state index contributed by atoms with van der Waals surface area (Å²) in [6.07, 6.45) is 2.29. The Kier molecular flexibility index (Phi) is 7.46. The molecule has 2 aromatic carbocycles. The molecule has 2 amide bonds. The third-order valence-corrected chi connectivity index (χ3v) is 9.27. The highest BCUT2D eigenvalue weighted by Gasteiger charge is 2.49. The predicted octanol–water partition coefficient (Wildman–Crippen LogP) is 6.78. The molecule has 44 heavy (non-hydrogen) atoms. The second-order valence-corrected chi connectivity index (χ2v) is 14.7. The molecule has 1 spiro atoms. The number of rotatable bonds is 1. The molecule has 3 aliphatic heterocycles. The number of ether oxygens (including phenoxy) is 2. The molecule has 0 radical (unpaired) electrons. The molecule has 234 valence electrons. The largest absolute Gasteiger partial charge is 0.444 e. The van der Waals surface area contributed by atoms with Gasteiger partial charge in [-0.05, 0) is 102 Å². The van der Waals surface area contributed by atoms with Crippen molar-refractivity contribution in [3.63, 3.8) is 0 Å². The summed E-state index contributed by atoms with van der Waals surface area (Å²) in [5.74, 6) is 0.980. The van der Waals surface area contributed by atoms with Gasteiger partial charge in [-0.25, -0.2) is 9.59 Å². The molecule has 0 bridgehead atoms. The number of hydrogen-bond acceptors (Lipinski definition) is 6. The lowest BCUT2D eigenvalue weighted by Crippen LogP contribution is -2.47. The molecule has 0 aliphatic carbocycles. The lowest BCUT2D eigenvalue weighted by atomic mass is 9.72. The van der Waals surface area contributed by atoms with Gasteiger partial charge in [0.05, 0.1) is 27.0 Å². The highest BCUT2D eigenvalue weighted by atomic mass is 35.5. The monoisotopic (exact) mass is 620 g/mol. The second kappa shape index (κ2) is 10.8. The fourth-order valence-electron chi connectivity index (χ4n) is 6.91. The Morgan fingerprint density at radius 2 is 1.48 bits per heavy atom. The average molecular weight is 621 g/mol. The van der Waals surface area contributed by atoms with Crippen LogP contribution in [0, 0.1) is 0 Å². The lowest BCUT2D eigenvalue weighted by molar-refractivity contribution is 0.0176. The number of amides is 2. The Morgan fingerprint density at radius 3 is 2.07 bits per heavy atom. The summed E-state index contributed by atoms with van der Waals surface area (Å²) in [6.45, 7) is 13.5. The van der Waals surface area contributed by atoms with Gasteiger partial charge in [0, 0.05) is 26.2 Å². The Hall–Kier alpha value is -3.59. The molecule has 4 heterocycles. The van der Waals surface area contributed by atoms with Gasteiger partial charge in [0.1, 0.15) is 17.0 Å². The number of carbonyl (C=O) groups is 2. The van der Waals surface area contributed by atoms with Crippen LogP contribution in [0.4, 0.5) is 9.59 Å². The number of nitrogens with zero attached hydrogens (tertiary/aromatic N) is 4. The van der Waals surface area contributed by atoms with Crippen LogP contribution in [0.5, 0.6) is 0 Å². The maximum absolute atomic E-state index is 13.4. The van der Waals surface area contributed by atoms with E-state index in [0.29, 0.717) is 55.3 Å². The third-order valence-electron chi connectivity index (χ3n) is 8.96. The lowest BCUT2D eigenvalue weighted by Gasteiger charge is -2.40. The van der Waals surface area contributed by atoms with E-state index < -0.39 is 16.6 Å². The van der Waals surface area contributed by atoms with Crippen LogP contribution in [0.1, 0.15) is 90.1 Å². The Labute approximate surface area is 263 Å². The smallest absolute Gasteiger partial charge is 0.410 e. The molecule has 0 unspecified atom stereocenters. The van der Waals surface area contributed by atoms with Crippen molar-refractivity contribution in [1.82, 2.24) is 19.4 Å². The molecule has 0 atom stereocenters. The first-order valence-corrected chi connectivity index (χ1v) is 15.9. The summed E-state index contributed by atoms with van der Waals surface area (Å²) in [5.41, 5.74) is 2.05. The zero-order valence-corrected chi connectivity index (χ0v) is 27.2. The highest BCUT2D eigenvalue weighted by molar-refractivity contribution is 6.35. The minimum Gasteiger partial charge on any atom is -0.444 e. The van der Waals surface area contributed by atoms with Crippen LogP contribution < -0.4 is 5.56 Å². The Morgan fingerprint density at radius 1 is 0.886 bits per heavy atom. The molecule has 10 heteroatoms. The molecule has 9 nitrogen and oxygen atoms in total. The summed E-state index contributed by atoms with van der Waals surface area (Å²) in [4.78, 5) is 47.3. The topological polar surface area (TPSA) is 94.0 Å². The van der Waals surface area contributed by atoms with E-state index in [4.69, 9.17) is 26.1 Å². The van der Waals surface area contributed by atoms with Gasteiger partial charge in [-0.1, -0.05) is 29.8 Å². The van der Waals surface area contributed by atoms with Crippen molar-refractivity contribution < 1.29 is 19.1 Å². The number of benzene rings is 2. The standard InChI is InChI=1S/C34H41ClN4O5/c1-32(2,3)43-30(41)37-16-12-21(13-17-37)22-10-11-25-23(20-22)34(14-18-38(19-15-34)31(42)44-33(4,5)6)29-36-28(40)27-24(35)8-7-9-26(27)39(25)29/h7-11,20-21H,12-19H2,1-6H3. The second-order valence-electron chi connectivity index (χ2n) is 14.3. The van der Waals surface area contributed by atoms with Gasteiger partial charge in [-0.3, -0.25) is 9.36 Å². The Bertz CT molecular complexity index is 1690.